The number of hydrogen-bond donors (Lipinski definition) is 2. The van der Waals surface area contributed by atoms with Gasteiger partial charge in [0.05, 0.1) is 0 Å². The second-order valence-electron chi connectivity index (χ2n) is 4.02. The molecule has 0 aromatic heterocycles. The molecular formula is C12H17NOS. The number of phenols is 1. The van der Waals surface area contributed by atoms with Crippen LogP contribution in [0.15, 0.2) is 24.3 Å². The summed E-state index contributed by atoms with van der Waals surface area (Å²) < 4.78 is 0. The quantitative estimate of drug-likeness (QED) is 0.808. The van der Waals surface area contributed by atoms with Crippen LogP contribution in [-0.4, -0.2) is 22.2 Å². The highest BCUT2D eigenvalue weighted by molar-refractivity contribution is 8.00. The van der Waals surface area contributed by atoms with Gasteiger partial charge < -0.3 is 10.4 Å². The lowest BCUT2D eigenvalue weighted by Gasteiger charge is -2.29. The third-order valence-corrected chi connectivity index (χ3v) is 4.18. The molecule has 1 aromatic rings. The van der Waals surface area contributed by atoms with Crippen LogP contribution in [0.5, 0.6) is 5.75 Å². The third-order valence-electron chi connectivity index (χ3n) is 2.81. The molecule has 1 aliphatic rings. The van der Waals surface area contributed by atoms with Crippen molar-refractivity contribution in [3.63, 3.8) is 0 Å². The molecule has 2 nitrogen and oxygen atoms in total. The second kappa shape index (κ2) is 4.79. The lowest BCUT2D eigenvalue weighted by Crippen LogP contribution is -2.32. The third kappa shape index (κ3) is 2.81. The molecule has 0 radical (unpaired) electrons. The molecule has 2 N–H and O–H groups in total. The summed E-state index contributed by atoms with van der Waals surface area (Å²) in [7, 11) is 0. The monoisotopic (exact) mass is 223 g/mol. The van der Waals surface area contributed by atoms with Gasteiger partial charge >= 0.3 is 0 Å². The SMILES string of the molecule is CC1SCCCC1Nc1cccc(O)c1. The smallest absolute Gasteiger partial charge is 0.117 e. The van der Waals surface area contributed by atoms with E-state index in [-0.39, 0.29) is 0 Å². The number of nitrogens with one attached hydrogen (secondary N) is 1. The Morgan fingerprint density at radius 2 is 2.33 bits per heavy atom. The fourth-order valence-electron chi connectivity index (χ4n) is 1.92. The van der Waals surface area contributed by atoms with E-state index in [4.69, 9.17) is 0 Å². The Kier molecular flexibility index (Phi) is 3.41. The van der Waals surface area contributed by atoms with Crippen molar-refractivity contribution < 1.29 is 5.11 Å². The van der Waals surface area contributed by atoms with E-state index in [2.05, 4.69) is 12.2 Å². The number of phenolic OH excluding ortho intramolecular Hbond substituents is 1. The fourth-order valence-corrected chi connectivity index (χ4v) is 3.06. The summed E-state index contributed by atoms with van der Waals surface area (Å²) in [6, 6.07) is 7.89. The maximum atomic E-state index is 9.36. The summed E-state index contributed by atoms with van der Waals surface area (Å²) in [6.45, 7) is 2.27. The molecule has 1 aliphatic heterocycles. The number of aromatic hydroxyl groups is 1. The summed E-state index contributed by atoms with van der Waals surface area (Å²) >= 11 is 2.02. The molecule has 2 rings (SSSR count). The van der Waals surface area contributed by atoms with Crippen molar-refractivity contribution in [1.82, 2.24) is 0 Å². The van der Waals surface area contributed by atoms with Crippen molar-refractivity contribution in [2.45, 2.75) is 31.1 Å². The predicted molar refractivity (Wildman–Crippen MR) is 66.7 cm³/mol. The van der Waals surface area contributed by atoms with Gasteiger partial charge in [-0.3, -0.25) is 0 Å². The van der Waals surface area contributed by atoms with Gasteiger partial charge in [0.1, 0.15) is 5.75 Å². The number of benzene rings is 1. The second-order valence-corrected chi connectivity index (χ2v) is 5.50. The largest absolute Gasteiger partial charge is 0.508 e. The Morgan fingerprint density at radius 1 is 1.47 bits per heavy atom. The highest BCUT2D eigenvalue weighted by Gasteiger charge is 2.21. The number of rotatable bonds is 2. The van der Waals surface area contributed by atoms with E-state index < -0.39 is 0 Å². The summed E-state index contributed by atoms with van der Waals surface area (Å²) in [5.41, 5.74) is 1.02. The van der Waals surface area contributed by atoms with E-state index in [0.29, 0.717) is 17.0 Å². The fraction of sp³-hybridized carbons (Fsp3) is 0.500. The molecule has 1 aromatic carbocycles. The van der Waals surface area contributed by atoms with Crippen LogP contribution in [0.3, 0.4) is 0 Å². The molecule has 0 saturated carbocycles. The molecule has 0 bridgehead atoms. The first-order valence-electron chi connectivity index (χ1n) is 5.43. The zero-order valence-electron chi connectivity index (χ0n) is 8.94. The zero-order valence-corrected chi connectivity index (χ0v) is 9.76. The minimum Gasteiger partial charge on any atom is -0.508 e. The Morgan fingerprint density at radius 3 is 3.07 bits per heavy atom. The van der Waals surface area contributed by atoms with Gasteiger partial charge in [-0.15, -0.1) is 0 Å². The Labute approximate surface area is 95.1 Å². The molecule has 0 spiro atoms. The summed E-state index contributed by atoms with van der Waals surface area (Å²) in [5, 5.41) is 13.5. The van der Waals surface area contributed by atoms with Crippen LogP contribution in [0.1, 0.15) is 19.8 Å². The maximum absolute atomic E-state index is 9.36. The maximum Gasteiger partial charge on any atom is 0.117 e. The first kappa shape index (κ1) is 10.7. The molecule has 2 unspecified atom stereocenters. The summed E-state index contributed by atoms with van der Waals surface area (Å²) in [6.07, 6.45) is 2.51. The molecule has 1 heterocycles. The lowest BCUT2D eigenvalue weighted by molar-refractivity contribution is 0.475. The van der Waals surface area contributed by atoms with Crippen molar-refractivity contribution in [3.8, 4) is 5.75 Å². The molecule has 1 saturated heterocycles. The van der Waals surface area contributed by atoms with E-state index in [9.17, 15) is 5.11 Å². The molecule has 0 amide bonds. The van der Waals surface area contributed by atoms with Crippen molar-refractivity contribution in [2.24, 2.45) is 0 Å². The first-order valence-corrected chi connectivity index (χ1v) is 6.48. The van der Waals surface area contributed by atoms with E-state index in [1.165, 1.54) is 18.6 Å². The van der Waals surface area contributed by atoms with Gasteiger partial charge in [-0.1, -0.05) is 13.0 Å². The van der Waals surface area contributed by atoms with Crippen molar-refractivity contribution in [3.05, 3.63) is 24.3 Å². The van der Waals surface area contributed by atoms with Gasteiger partial charge in [0.25, 0.3) is 0 Å². The standard InChI is InChI=1S/C12H17NOS/c1-9-12(6-3-7-15-9)13-10-4-2-5-11(14)8-10/h2,4-5,8-9,12-14H,3,6-7H2,1H3. The highest BCUT2D eigenvalue weighted by Crippen LogP contribution is 2.28. The van der Waals surface area contributed by atoms with Crippen LogP contribution < -0.4 is 5.32 Å². The molecule has 1 fully saturated rings. The highest BCUT2D eigenvalue weighted by atomic mass is 32.2. The van der Waals surface area contributed by atoms with Crippen LogP contribution in [-0.2, 0) is 0 Å². The van der Waals surface area contributed by atoms with Crippen molar-refractivity contribution in [2.75, 3.05) is 11.1 Å². The topological polar surface area (TPSA) is 32.3 Å². The number of thioether (sulfide) groups is 1. The van der Waals surface area contributed by atoms with Gasteiger partial charge in [0.2, 0.25) is 0 Å². The van der Waals surface area contributed by atoms with Crippen molar-refractivity contribution in [1.29, 1.82) is 0 Å². The van der Waals surface area contributed by atoms with E-state index in [0.717, 1.165) is 5.69 Å². The number of hydrogen-bond acceptors (Lipinski definition) is 3. The zero-order chi connectivity index (χ0) is 10.7. The average molecular weight is 223 g/mol. The van der Waals surface area contributed by atoms with Crippen LogP contribution in [0.2, 0.25) is 0 Å². The minimum atomic E-state index is 0.330. The van der Waals surface area contributed by atoms with Crippen LogP contribution in [0.25, 0.3) is 0 Å². The predicted octanol–water partition coefficient (Wildman–Crippen LogP) is 3.09. The number of anilines is 1. The van der Waals surface area contributed by atoms with Gasteiger partial charge in [-0.05, 0) is 30.7 Å². The Bertz CT molecular complexity index is 329. The average Bonchev–Trinajstić information content (AvgIpc) is 2.22. The normalized spacial score (nSPS) is 26.2. The van der Waals surface area contributed by atoms with Gasteiger partial charge in [0.15, 0.2) is 0 Å². The van der Waals surface area contributed by atoms with E-state index >= 15 is 0 Å². The van der Waals surface area contributed by atoms with E-state index in [1.807, 2.05) is 23.9 Å². The minimum absolute atomic E-state index is 0.330. The molecule has 0 aliphatic carbocycles. The van der Waals surface area contributed by atoms with Gasteiger partial charge in [0, 0.05) is 23.0 Å². The Balaban J connectivity index is 2.01. The molecular weight excluding hydrogens is 206 g/mol. The Hall–Kier alpha value is -0.830. The first-order chi connectivity index (χ1) is 7.25. The van der Waals surface area contributed by atoms with Crippen LogP contribution in [0.4, 0.5) is 5.69 Å². The lowest BCUT2D eigenvalue weighted by atomic mass is 10.1. The summed E-state index contributed by atoms with van der Waals surface area (Å²) in [5.74, 6) is 1.61. The molecule has 15 heavy (non-hydrogen) atoms. The summed E-state index contributed by atoms with van der Waals surface area (Å²) in [4.78, 5) is 0. The van der Waals surface area contributed by atoms with Crippen molar-refractivity contribution >= 4 is 17.4 Å². The molecule has 3 heteroatoms. The van der Waals surface area contributed by atoms with Crippen LogP contribution >= 0.6 is 11.8 Å². The molecule has 82 valence electrons. The van der Waals surface area contributed by atoms with Gasteiger partial charge in [-0.2, -0.15) is 11.8 Å². The van der Waals surface area contributed by atoms with Gasteiger partial charge in [-0.25, -0.2) is 0 Å². The van der Waals surface area contributed by atoms with E-state index in [1.54, 1.807) is 12.1 Å². The van der Waals surface area contributed by atoms with Crippen LogP contribution in [0, 0.1) is 0 Å². The molecule has 2 atom stereocenters.